The number of rotatable bonds is 2. The molecule has 1 aliphatic heterocycles. The minimum absolute atomic E-state index is 0.0887. The molecule has 3 rings (SSSR count). The molecule has 2 N–H and O–H groups in total. The lowest BCUT2D eigenvalue weighted by Gasteiger charge is -2.36. The summed E-state index contributed by atoms with van der Waals surface area (Å²) in [6.45, 7) is 1.06. The quantitative estimate of drug-likeness (QED) is 0.882. The Bertz CT molecular complexity index is 580. The van der Waals surface area contributed by atoms with Crippen LogP contribution in [0.4, 0.5) is 0 Å². The van der Waals surface area contributed by atoms with Crippen LogP contribution in [0.5, 0.6) is 0 Å². The van der Waals surface area contributed by atoms with E-state index < -0.39 is 0 Å². The van der Waals surface area contributed by atoms with Gasteiger partial charge in [0.2, 0.25) is 0 Å². The van der Waals surface area contributed by atoms with Gasteiger partial charge in [-0.1, -0.05) is 29.4 Å². The average molecular weight is 257 g/mol. The lowest BCUT2D eigenvalue weighted by Crippen LogP contribution is -2.43. The van der Waals surface area contributed by atoms with Crippen LogP contribution in [0.2, 0.25) is 0 Å². The van der Waals surface area contributed by atoms with Crippen molar-refractivity contribution in [3.05, 3.63) is 53.4 Å². The maximum Gasteiger partial charge on any atom is 0.276 e. The number of fused-ring (bicyclic) bond motifs is 1. The predicted molar refractivity (Wildman–Crippen MR) is 69.5 cm³/mol. The van der Waals surface area contributed by atoms with Crippen LogP contribution >= 0.6 is 0 Å². The molecule has 1 aromatic carbocycles. The van der Waals surface area contributed by atoms with E-state index in [1.807, 2.05) is 18.2 Å². The summed E-state index contributed by atoms with van der Waals surface area (Å²) >= 11 is 0. The molecular formula is C14H15N3O2. The summed E-state index contributed by atoms with van der Waals surface area (Å²) in [5.74, 6) is -0.126. The van der Waals surface area contributed by atoms with Crippen LogP contribution < -0.4 is 5.73 Å². The van der Waals surface area contributed by atoms with Gasteiger partial charge in [0.15, 0.2) is 5.69 Å². The molecule has 5 heteroatoms. The highest BCUT2D eigenvalue weighted by Crippen LogP contribution is 2.29. The second-order valence-corrected chi connectivity index (χ2v) is 4.58. The maximum atomic E-state index is 12.4. The topological polar surface area (TPSA) is 72.4 Å². The van der Waals surface area contributed by atoms with E-state index in [-0.39, 0.29) is 11.9 Å². The van der Waals surface area contributed by atoms with Crippen molar-refractivity contribution in [1.29, 1.82) is 0 Å². The van der Waals surface area contributed by atoms with Crippen molar-refractivity contribution in [1.82, 2.24) is 10.1 Å². The molecule has 1 aliphatic rings. The zero-order valence-electron chi connectivity index (χ0n) is 10.5. The van der Waals surface area contributed by atoms with E-state index in [9.17, 15) is 4.79 Å². The molecule has 0 bridgehead atoms. The summed E-state index contributed by atoms with van der Waals surface area (Å²) in [5, 5.41) is 3.71. The fourth-order valence-corrected chi connectivity index (χ4v) is 2.62. The summed E-state index contributed by atoms with van der Waals surface area (Å²) in [6, 6.07) is 9.61. The monoisotopic (exact) mass is 257 g/mol. The number of carbonyl (C=O) groups excluding carboxylic acids is 1. The van der Waals surface area contributed by atoms with Crippen molar-refractivity contribution >= 4 is 5.91 Å². The van der Waals surface area contributed by atoms with Gasteiger partial charge in [0, 0.05) is 19.2 Å². The van der Waals surface area contributed by atoms with Gasteiger partial charge >= 0.3 is 0 Å². The Morgan fingerprint density at radius 3 is 3.00 bits per heavy atom. The third-order valence-corrected chi connectivity index (χ3v) is 3.55. The van der Waals surface area contributed by atoms with Crippen LogP contribution in [0.3, 0.4) is 0 Å². The molecule has 0 fully saturated rings. The number of carbonyl (C=O) groups is 1. The third kappa shape index (κ3) is 2.02. The molecule has 0 saturated heterocycles. The Morgan fingerprint density at radius 2 is 2.26 bits per heavy atom. The van der Waals surface area contributed by atoms with Crippen LogP contribution in [0.15, 0.2) is 41.1 Å². The molecule has 0 radical (unpaired) electrons. The highest BCUT2D eigenvalue weighted by atomic mass is 16.5. The molecule has 1 amide bonds. The Morgan fingerprint density at radius 1 is 1.42 bits per heavy atom. The minimum Gasteiger partial charge on any atom is -0.364 e. The molecule has 1 atom stereocenters. The Labute approximate surface area is 111 Å². The second-order valence-electron chi connectivity index (χ2n) is 4.58. The Balaban J connectivity index is 1.94. The van der Waals surface area contributed by atoms with E-state index in [1.54, 1.807) is 11.0 Å². The van der Waals surface area contributed by atoms with Crippen molar-refractivity contribution < 1.29 is 9.32 Å². The molecule has 5 nitrogen and oxygen atoms in total. The van der Waals surface area contributed by atoms with Gasteiger partial charge in [0.05, 0.1) is 6.04 Å². The first-order chi connectivity index (χ1) is 9.31. The van der Waals surface area contributed by atoms with Crippen LogP contribution in [-0.2, 0) is 6.42 Å². The SMILES string of the molecule is NCC1c2ccccc2CCN1C(=O)c1ccon1. The molecular weight excluding hydrogens is 242 g/mol. The van der Waals surface area contributed by atoms with Gasteiger partial charge in [0.25, 0.3) is 5.91 Å². The summed E-state index contributed by atoms with van der Waals surface area (Å²) in [7, 11) is 0. The van der Waals surface area contributed by atoms with Gasteiger partial charge in [-0.3, -0.25) is 4.79 Å². The first-order valence-electron chi connectivity index (χ1n) is 6.30. The molecule has 0 aliphatic carbocycles. The summed E-state index contributed by atoms with van der Waals surface area (Å²) in [6.07, 6.45) is 2.25. The zero-order chi connectivity index (χ0) is 13.2. The van der Waals surface area contributed by atoms with Gasteiger partial charge in [-0.15, -0.1) is 0 Å². The third-order valence-electron chi connectivity index (χ3n) is 3.55. The standard InChI is InChI=1S/C14H15N3O2/c15-9-13-11-4-2-1-3-10(11)5-7-17(13)14(18)12-6-8-19-16-12/h1-4,6,8,13H,5,7,9,15H2. The number of aromatic nitrogens is 1. The van der Waals surface area contributed by atoms with Crippen molar-refractivity contribution in [3.63, 3.8) is 0 Å². The highest BCUT2D eigenvalue weighted by Gasteiger charge is 2.31. The summed E-state index contributed by atoms with van der Waals surface area (Å²) in [5.41, 5.74) is 8.59. The average Bonchev–Trinajstić information content (AvgIpc) is 2.99. The van der Waals surface area contributed by atoms with E-state index >= 15 is 0 Å². The van der Waals surface area contributed by atoms with Gasteiger partial charge < -0.3 is 15.2 Å². The Hall–Kier alpha value is -2.14. The number of nitrogens with zero attached hydrogens (tertiary/aromatic N) is 2. The first kappa shape index (κ1) is 11.9. The molecule has 1 unspecified atom stereocenters. The molecule has 2 aromatic rings. The van der Waals surface area contributed by atoms with Crippen LogP contribution in [0.25, 0.3) is 0 Å². The summed E-state index contributed by atoms with van der Waals surface area (Å²) in [4.78, 5) is 14.2. The smallest absolute Gasteiger partial charge is 0.276 e. The summed E-state index contributed by atoms with van der Waals surface area (Å²) < 4.78 is 4.74. The predicted octanol–water partition coefficient (Wildman–Crippen LogP) is 1.37. The Kier molecular flexibility index (Phi) is 3.05. The normalized spacial score (nSPS) is 18.2. The number of hydrogen-bond donors (Lipinski definition) is 1. The number of hydrogen-bond acceptors (Lipinski definition) is 4. The second kappa shape index (κ2) is 4.85. The van der Waals surface area contributed by atoms with E-state index in [2.05, 4.69) is 11.2 Å². The van der Waals surface area contributed by atoms with Gasteiger partial charge in [-0.2, -0.15) is 0 Å². The molecule has 2 heterocycles. The van der Waals surface area contributed by atoms with Crippen molar-refractivity contribution in [2.45, 2.75) is 12.5 Å². The highest BCUT2D eigenvalue weighted by molar-refractivity contribution is 5.92. The maximum absolute atomic E-state index is 12.4. The minimum atomic E-state index is -0.126. The van der Waals surface area contributed by atoms with Crippen LogP contribution in [-0.4, -0.2) is 29.1 Å². The molecule has 0 spiro atoms. The van der Waals surface area contributed by atoms with E-state index in [4.69, 9.17) is 10.3 Å². The fraction of sp³-hybridized carbons (Fsp3) is 0.286. The van der Waals surface area contributed by atoms with Crippen molar-refractivity contribution in [3.8, 4) is 0 Å². The van der Waals surface area contributed by atoms with Crippen LogP contribution in [0.1, 0.15) is 27.7 Å². The van der Waals surface area contributed by atoms with Crippen molar-refractivity contribution in [2.75, 3.05) is 13.1 Å². The zero-order valence-corrected chi connectivity index (χ0v) is 10.5. The first-order valence-corrected chi connectivity index (χ1v) is 6.30. The van der Waals surface area contributed by atoms with E-state index in [1.165, 1.54) is 11.8 Å². The molecule has 98 valence electrons. The largest absolute Gasteiger partial charge is 0.364 e. The van der Waals surface area contributed by atoms with Gasteiger partial charge in [-0.05, 0) is 17.5 Å². The molecule has 1 aromatic heterocycles. The van der Waals surface area contributed by atoms with Gasteiger partial charge in [0.1, 0.15) is 6.26 Å². The van der Waals surface area contributed by atoms with Crippen molar-refractivity contribution in [2.24, 2.45) is 5.73 Å². The number of amides is 1. The number of benzene rings is 1. The number of nitrogens with two attached hydrogens (primary N) is 1. The lowest BCUT2D eigenvalue weighted by atomic mass is 9.92. The van der Waals surface area contributed by atoms with Gasteiger partial charge in [-0.25, -0.2) is 0 Å². The van der Waals surface area contributed by atoms with E-state index in [0.29, 0.717) is 18.8 Å². The molecule has 0 saturated carbocycles. The molecule has 19 heavy (non-hydrogen) atoms. The lowest BCUT2D eigenvalue weighted by molar-refractivity contribution is 0.0657. The van der Waals surface area contributed by atoms with Crippen LogP contribution in [0, 0.1) is 0 Å². The fourth-order valence-electron chi connectivity index (χ4n) is 2.62. The van der Waals surface area contributed by atoms with E-state index in [0.717, 1.165) is 12.0 Å².